The summed E-state index contributed by atoms with van der Waals surface area (Å²) in [7, 11) is 0. The summed E-state index contributed by atoms with van der Waals surface area (Å²) in [5, 5.41) is 17.2. The summed E-state index contributed by atoms with van der Waals surface area (Å²) < 4.78 is 0. The molecule has 0 spiro atoms. The first-order chi connectivity index (χ1) is 8.30. The van der Waals surface area contributed by atoms with Gasteiger partial charge in [-0.25, -0.2) is 0 Å². The molecule has 3 N–H and O–H groups in total. The molecule has 2 fully saturated rings. The summed E-state index contributed by atoms with van der Waals surface area (Å²) in [6.07, 6.45) is 8.91. The van der Waals surface area contributed by atoms with Crippen molar-refractivity contribution < 1.29 is 5.11 Å². The zero-order valence-electron chi connectivity index (χ0n) is 11.2. The van der Waals surface area contributed by atoms with Crippen molar-refractivity contribution in [2.24, 2.45) is 5.92 Å². The Morgan fingerprint density at radius 2 is 2.06 bits per heavy atom. The summed E-state index contributed by atoms with van der Waals surface area (Å²) in [4.78, 5) is 0. The number of rotatable bonds is 4. The van der Waals surface area contributed by atoms with Crippen molar-refractivity contribution in [3.63, 3.8) is 0 Å². The number of piperidine rings is 1. The summed E-state index contributed by atoms with van der Waals surface area (Å²) in [5.41, 5.74) is -0.0119. The minimum Gasteiger partial charge on any atom is -0.394 e. The smallest absolute Gasteiger partial charge is 0.0617 e. The number of aliphatic hydroxyl groups is 1. The monoisotopic (exact) mass is 240 g/mol. The van der Waals surface area contributed by atoms with Crippen molar-refractivity contribution in [1.82, 2.24) is 10.6 Å². The molecule has 1 aliphatic carbocycles. The third-order valence-electron chi connectivity index (χ3n) is 4.79. The van der Waals surface area contributed by atoms with E-state index in [2.05, 4.69) is 17.6 Å². The molecule has 2 atom stereocenters. The third kappa shape index (κ3) is 3.01. The molecule has 0 aromatic carbocycles. The fourth-order valence-electron chi connectivity index (χ4n) is 3.62. The number of hydrogen-bond acceptors (Lipinski definition) is 3. The van der Waals surface area contributed by atoms with E-state index >= 15 is 0 Å². The average Bonchev–Trinajstić information content (AvgIpc) is 2.40. The molecular weight excluding hydrogens is 212 g/mol. The van der Waals surface area contributed by atoms with E-state index in [-0.39, 0.29) is 5.54 Å². The van der Waals surface area contributed by atoms with Crippen LogP contribution in [-0.4, -0.2) is 36.4 Å². The normalized spacial score (nSPS) is 36.0. The summed E-state index contributed by atoms with van der Waals surface area (Å²) in [5.74, 6) is 0.572. The van der Waals surface area contributed by atoms with Gasteiger partial charge in [-0.05, 0) is 38.3 Å². The van der Waals surface area contributed by atoms with Crippen molar-refractivity contribution in [1.29, 1.82) is 0 Å². The predicted octanol–water partition coefficient (Wildman–Crippen LogP) is 1.66. The lowest BCUT2D eigenvalue weighted by Crippen LogP contribution is -2.63. The van der Waals surface area contributed by atoms with Gasteiger partial charge in [0.05, 0.1) is 6.61 Å². The highest BCUT2D eigenvalue weighted by atomic mass is 16.3. The second kappa shape index (κ2) is 6.17. The first-order valence-electron chi connectivity index (χ1n) is 7.40. The molecular formula is C14H28N2O. The van der Waals surface area contributed by atoms with E-state index in [1.165, 1.54) is 32.1 Å². The highest BCUT2D eigenvalue weighted by Crippen LogP contribution is 2.30. The second-order valence-corrected chi connectivity index (χ2v) is 5.85. The zero-order chi connectivity index (χ0) is 12.1. The van der Waals surface area contributed by atoms with Crippen molar-refractivity contribution in [2.45, 2.75) is 63.5 Å². The lowest BCUT2D eigenvalue weighted by molar-refractivity contribution is 0.0564. The average molecular weight is 240 g/mol. The summed E-state index contributed by atoms with van der Waals surface area (Å²) in [6.45, 7) is 4.63. The molecule has 1 saturated heterocycles. The molecule has 2 aliphatic rings. The molecule has 0 aromatic rings. The van der Waals surface area contributed by atoms with E-state index in [4.69, 9.17) is 0 Å². The Kier molecular flexibility index (Phi) is 4.83. The van der Waals surface area contributed by atoms with Crippen molar-refractivity contribution in [3.8, 4) is 0 Å². The highest BCUT2D eigenvalue weighted by Gasteiger charge is 2.40. The molecule has 3 heteroatoms. The Morgan fingerprint density at radius 3 is 2.71 bits per heavy atom. The van der Waals surface area contributed by atoms with Gasteiger partial charge in [-0.15, -0.1) is 0 Å². The van der Waals surface area contributed by atoms with E-state index in [0.29, 0.717) is 18.6 Å². The Hall–Kier alpha value is -0.120. The van der Waals surface area contributed by atoms with Crippen LogP contribution in [0, 0.1) is 5.92 Å². The first kappa shape index (κ1) is 13.3. The minimum atomic E-state index is -0.0119. The molecule has 0 amide bonds. The number of nitrogens with one attached hydrogen (secondary N) is 2. The molecule has 0 radical (unpaired) electrons. The molecule has 100 valence electrons. The van der Waals surface area contributed by atoms with Gasteiger partial charge < -0.3 is 15.7 Å². The van der Waals surface area contributed by atoms with Gasteiger partial charge in [-0.2, -0.15) is 0 Å². The van der Waals surface area contributed by atoms with Gasteiger partial charge in [0.15, 0.2) is 0 Å². The van der Waals surface area contributed by atoms with Crippen LogP contribution in [0.1, 0.15) is 51.9 Å². The van der Waals surface area contributed by atoms with E-state index in [1.54, 1.807) is 0 Å². The standard InChI is InChI=1S/C14H28N2O/c1-2-12-10-15-9-8-14(12,11-17)16-13-6-4-3-5-7-13/h12-13,15-17H,2-11H2,1H3. The Balaban J connectivity index is 2.00. The minimum absolute atomic E-state index is 0.0119. The molecule has 2 rings (SSSR count). The van der Waals surface area contributed by atoms with Gasteiger partial charge in [0.1, 0.15) is 0 Å². The number of aliphatic hydroxyl groups excluding tert-OH is 1. The predicted molar refractivity (Wildman–Crippen MR) is 71.1 cm³/mol. The summed E-state index contributed by atoms with van der Waals surface area (Å²) in [6, 6.07) is 0.642. The third-order valence-corrected chi connectivity index (χ3v) is 4.79. The van der Waals surface area contributed by atoms with Crippen molar-refractivity contribution in [2.75, 3.05) is 19.7 Å². The van der Waals surface area contributed by atoms with Gasteiger partial charge in [-0.3, -0.25) is 0 Å². The van der Waals surface area contributed by atoms with Gasteiger partial charge in [0, 0.05) is 11.6 Å². The maximum atomic E-state index is 9.88. The fourth-order valence-corrected chi connectivity index (χ4v) is 3.62. The van der Waals surface area contributed by atoms with Crippen LogP contribution in [0.15, 0.2) is 0 Å². The van der Waals surface area contributed by atoms with Crippen LogP contribution in [0.25, 0.3) is 0 Å². The van der Waals surface area contributed by atoms with E-state index in [1.807, 2.05) is 0 Å². The van der Waals surface area contributed by atoms with Crippen molar-refractivity contribution >= 4 is 0 Å². The lowest BCUT2D eigenvalue weighted by atomic mass is 9.76. The van der Waals surface area contributed by atoms with Gasteiger partial charge >= 0.3 is 0 Å². The highest BCUT2D eigenvalue weighted by molar-refractivity contribution is 5.00. The van der Waals surface area contributed by atoms with Crippen LogP contribution < -0.4 is 10.6 Å². The molecule has 1 aliphatic heterocycles. The SMILES string of the molecule is CCC1CNCCC1(CO)NC1CCCCC1. The van der Waals surface area contributed by atoms with Crippen LogP contribution in [0.3, 0.4) is 0 Å². The Labute approximate surface area is 105 Å². The quantitative estimate of drug-likeness (QED) is 0.700. The fraction of sp³-hybridized carbons (Fsp3) is 1.00. The van der Waals surface area contributed by atoms with E-state index in [9.17, 15) is 5.11 Å². The van der Waals surface area contributed by atoms with Gasteiger partial charge in [-0.1, -0.05) is 32.6 Å². The Bertz CT molecular complexity index is 228. The molecule has 0 aromatic heterocycles. The van der Waals surface area contributed by atoms with Crippen LogP contribution in [-0.2, 0) is 0 Å². The molecule has 2 unspecified atom stereocenters. The van der Waals surface area contributed by atoms with E-state index < -0.39 is 0 Å². The maximum Gasteiger partial charge on any atom is 0.0617 e. The molecule has 0 bridgehead atoms. The molecule has 1 saturated carbocycles. The largest absolute Gasteiger partial charge is 0.394 e. The van der Waals surface area contributed by atoms with E-state index in [0.717, 1.165) is 25.9 Å². The zero-order valence-corrected chi connectivity index (χ0v) is 11.2. The van der Waals surface area contributed by atoms with Crippen LogP contribution >= 0.6 is 0 Å². The Morgan fingerprint density at radius 1 is 1.29 bits per heavy atom. The topological polar surface area (TPSA) is 44.3 Å². The van der Waals surface area contributed by atoms with Gasteiger partial charge in [0.2, 0.25) is 0 Å². The molecule has 17 heavy (non-hydrogen) atoms. The van der Waals surface area contributed by atoms with Crippen LogP contribution in [0.5, 0.6) is 0 Å². The van der Waals surface area contributed by atoms with Gasteiger partial charge in [0.25, 0.3) is 0 Å². The van der Waals surface area contributed by atoms with Crippen LogP contribution in [0.2, 0.25) is 0 Å². The van der Waals surface area contributed by atoms with Crippen LogP contribution in [0.4, 0.5) is 0 Å². The molecule has 3 nitrogen and oxygen atoms in total. The molecule has 1 heterocycles. The summed E-state index contributed by atoms with van der Waals surface area (Å²) >= 11 is 0. The van der Waals surface area contributed by atoms with Crippen molar-refractivity contribution in [3.05, 3.63) is 0 Å². The first-order valence-corrected chi connectivity index (χ1v) is 7.40. The second-order valence-electron chi connectivity index (χ2n) is 5.85. The number of hydrogen-bond donors (Lipinski definition) is 3. The maximum absolute atomic E-state index is 9.88. The lowest BCUT2D eigenvalue weighted by Gasteiger charge is -2.46.